The molecule has 0 aliphatic heterocycles. The first-order valence-electron chi connectivity index (χ1n) is 11.7. The monoisotopic (exact) mass is 572 g/mol. The van der Waals surface area contributed by atoms with Gasteiger partial charge < -0.3 is 9.47 Å². The molecule has 206 valence electrons. The van der Waals surface area contributed by atoms with Gasteiger partial charge in [-0.15, -0.1) is 0 Å². The maximum atomic E-state index is 14.1. The maximum Gasteiger partial charge on any atom is 0.332 e. The zero-order valence-corrected chi connectivity index (χ0v) is 22.0. The van der Waals surface area contributed by atoms with Crippen molar-refractivity contribution in [3.63, 3.8) is 0 Å². The molecule has 0 saturated carbocycles. The minimum atomic E-state index is -1.64. The molecule has 0 N–H and O–H groups in total. The molecule has 0 aliphatic rings. The number of rotatable bonds is 7. The highest BCUT2D eigenvalue weighted by Crippen LogP contribution is 2.34. The van der Waals surface area contributed by atoms with Crippen LogP contribution in [0.15, 0.2) is 52.3 Å². The Morgan fingerprint density at radius 2 is 1.68 bits per heavy atom. The molecule has 5 aromatic rings. The summed E-state index contributed by atoms with van der Waals surface area (Å²) in [5.41, 5.74) is -0.932. The Labute approximate surface area is 228 Å². The highest BCUT2D eigenvalue weighted by molar-refractivity contribution is 6.33. The van der Waals surface area contributed by atoms with Crippen molar-refractivity contribution in [1.82, 2.24) is 28.9 Å². The van der Waals surface area contributed by atoms with Gasteiger partial charge in [0, 0.05) is 18.7 Å². The van der Waals surface area contributed by atoms with Crippen molar-refractivity contribution in [2.24, 2.45) is 7.05 Å². The third-order valence-corrected chi connectivity index (χ3v) is 6.45. The molecule has 0 fully saturated rings. The lowest BCUT2D eigenvalue weighted by atomic mass is 10.1. The Balaban J connectivity index is 1.83. The summed E-state index contributed by atoms with van der Waals surface area (Å²) in [7, 11) is 4.39. The van der Waals surface area contributed by atoms with Gasteiger partial charge in [0.1, 0.15) is 17.5 Å². The van der Waals surface area contributed by atoms with Crippen LogP contribution in [0.4, 0.5) is 13.2 Å². The minimum Gasteiger partial charge on any atom is -0.496 e. The molecule has 0 unspecified atom stereocenters. The van der Waals surface area contributed by atoms with Crippen molar-refractivity contribution in [3.8, 4) is 22.9 Å². The number of benzene rings is 2. The molecule has 0 amide bonds. The van der Waals surface area contributed by atoms with Gasteiger partial charge >= 0.3 is 5.69 Å². The zero-order valence-electron chi connectivity index (χ0n) is 21.3. The molecule has 0 aliphatic carbocycles. The highest BCUT2D eigenvalue weighted by atomic mass is 35.5. The quantitative estimate of drug-likeness (QED) is 0.275. The van der Waals surface area contributed by atoms with Gasteiger partial charge in [0.25, 0.3) is 5.56 Å². The predicted octanol–water partition coefficient (Wildman–Crippen LogP) is 3.54. The first kappa shape index (κ1) is 26.9. The molecule has 5 rings (SSSR count). The van der Waals surface area contributed by atoms with Crippen LogP contribution in [0, 0.1) is 17.5 Å². The van der Waals surface area contributed by atoms with E-state index in [1.54, 1.807) is 19.2 Å². The Kier molecular flexibility index (Phi) is 7.06. The second kappa shape index (κ2) is 10.5. The zero-order chi connectivity index (χ0) is 28.7. The van der Waals surface area contributed by atoms with E-state index in [4.69, 9.17) is 21.1 Å². The normalized spacial score (nSPS) is 11.3. The van der Waals surface area contributed by atoms with Crippen LogP contribution in [0.25, 0.3) is 22.2 Å². The fourth-order valence-corrected chi connectivity index (χ4v) is 4.52. The SMILES string of the molecule is COc1ccc(Cl)c(-c2cc(OC)c3c(=O)n(Cc4ncn(C)n4)c(=O)n(Cc4cc(F)c(F)c(F)c4)c3c2)n1. The molecule has 0 atom stereocenters. The van der Waals surface area contributed by atoms with Gasteiger partial charge in [0.15, 0.2) is 23.3 Å². The van der Waals surface area contributed by atoms with E-state index in [9.17, 15) is 22.8 Å². The highest BCUT2D eigenvalue weighted by Gasteiger charge is 2.22. The van der Waals surface area contributed by atoms with Crippen molar-refractivity contribution in [1.29, 1.82) is 0 Å². The van der Waals surface area contributed by atoms with Crippen molar-refractivity contribution in [2.45, 2.75) is 13.1 Å². The summed E-state index contributed by atoms with van der Waals surface area (Å²) in [4.78, 5) is 35.9. The summed E-state index contributed by atoms with van der Waals surface area (Å²) in [6, 6.07) is 7.67. The summed E-state index contributed by atoms with van der Waals surface area (Å²) in [6.07, 6.45) is 1.40. The Bertz CT molecular complexity index is 1880. The number of nitrogens with zero attached hydrogens (tertiary/aromatic N) is 6. The van der Waals surface area contributed by atoms with E-state index >= 15 is 0 Å². The van der Waals surface area contributed by atoms with E-state index in [1.807, 2.05) is 0 Å². The molecule has 14 heteroatoms. The summed E-state index contributed by atoms with van der Waals surface area (Å²) in [5.74, 6) is -3.99. The first-order chi connectivity index (χ1) is 19.1. The number of aryl methyl sites for hydroxylation is 1. The van der Waals surface area contributed by atoms with Crippen molar-refractivity contribution in [3.05, 3.63) is 97.4 Å². The van der Waals surface area contributed by atoms with Crippen LogP contribution in [0.1, 0.15) is 11.4 Å². The lowest BCUT2D eigenvalue weighted by Gasteiger charge is -2.17. The van der Waals surface area contributed by atoms with E-state index in [0.29, 0.717) is 5.56 Å². The van der Waals surface area contributed by atoms with Crippen LogP contribution in [0.5, 0.6) is 11.6 Å². The number of fused-ring (bicyclic) bond motifs is 1. The van der Waals surface area contributed by atoms with Gasteiger partial charge in [-0.05, 0) is 35.9 Å². The van der Waals surface area contributed by atoms with Crippen molar-refractivity contribution in [2.75, 3.05) is 14.2 Å². The van der Waals surface area contributed by atoms with Gasteiger partial charge in [-0.25, -0.2) is 27.9 Å². The van der Waals surface area contributed by atoms with Crippen LogP contribution in [0.3, 0.4) is 0 Å². The van der Waals surface area contributed by atoms with Crippen LogP contribution in [0.2, 0.25) is 5.02 Å². The Morgan fingerprint density at radius 1 is 0.950 bits per heavy atom. The van der Waals surface area contributed by atoms with Gasteiger partial charge in [0.05, 0.1) is 43.5 Å². The van der Waals surface area contributed by atoms with Crippen LogP contribution in [-0.2, 0) is 20.1 Å². The number of hydrogen-bond acceptors (Lipinski definition) is 7. The molecule has 2 aromatic carbocycles. The van der Waals surface area contributed by atoms with E-state index in [1.165, 1.54) is 37.4 Å². The third kappa shape index (κ3) is 4.79. The van der Waals surface area contributed by atoms with Crippen molar-refractivity contribution < 1.29 is 22.6 Å². The number of aromatic nitrogens is 6. The summed E-state index contributed by atoms with van der Waals surface area (Å²) in [6.45, 7) is -0.722. The minimum absolute atomic E-state index is 0.0103. The lowest BCUT2D eigenvalue weighted by Crippen LogP contribution is -2.41. The fraction of sp³-hybridized carbons (Fsp3) is 0.192. The molecule has 3 aromatic heterocycles. The lowest BCUT2D eigenvalue weighted by molar-refractivity contribution is 0.398. The number of methoxy groups -OCH3 is 2. The summed E-state index contributed by atoms with van der Waals surface area (Å²) < 4.78 is 56.0. The third-order valence-electron chi connectivity index (χ3n) is 6.15. The van der Waals surface area contributed by atoms with Crippen molar-refractivity contribution >= 4 is 22.5 Å². The molecular formula is C26H20ClF3N6O4. The van der Waals surface area contributed by atoms with Crippen LogP contribution >= 0.6 is 11.6 Å². The van der Waals surface area contributed by atoms with E-state index in [-0.39, 0.29) is 51.2 Å². The number of hydrogen-bond donors (Lipinski definition) is 0. The Morgan fingerprint density at radius 3 is 2.30 bits per heavy atom. The topological polar surface area (TPSA) is 106 Å². The number of pyridine rings is 1. The molecule has 10 nitrogen and oxygen atoms in total. The van der Waals surface area contributed by atoms with Gasteiger partial charge in [0.2, 0.25) is 5.88 Å². The van der Waals surface area contributed by atoms with E-state index in [0.717, 1.165) is 21.3 Å². The average Bonchev–Trinajstić information content (AvgIpc) is 3.35. The maximum absolute atomic E-state index is 14.1. The fourth-order valence-electron chi connectivity index (χ4n) is 4.31. The molecule has 40 heavy (non-hydrogen) atoms. The summed E-state index contributed by atoms with van der Waals surface area (Å²) in [5, 5.41) is 4.36. The average molecular weight is 573 g/mol. The van der Waals surface area contributed by atoms with Gasteiger partial charge in [-0.3, -0.25) is 18.6 Å². The van der Waals surface area contributed by atoms with Gasteiger partial charge in [-0.1, -0.05) is 11.6 Å². The van der Waals surface area contributed by atoms with Crippen LogP contribution < -0.4 is 20.7 Å². The first-order valence-corrected chi connectivity index (χ1v) is 12.0. The Hall–Kier alpha value is -4.65. The predicted molar refractivity (Wildman–Crippen MR) is 139 cm³/mol. The molecular weight excluding hydrogens is 553 g/mol. The van der Waals surface area contributed by atoms with E-state index in [2.05, 4.69) is 15.1 Å². The smallest absolute Gasteiger partial charge is 0.332 e. The number of ether oxygens (including phenoxy) is 2. The number of halogens is 4. The van der Waals surface area contributed by atoms with Crippen LogP contribution in [-0.4, -0.2) is 43.1 Å². The molecule has 3 heterocycles. The molecule has 0 radical (unpaired) electrons. The standard InChI is InChI=1S/C26H20ClF3N6O4/c1-34-12-31-20(33-34)11-36-25(37)22-18(35(26(36)38)10-13-6-16(28)23(30)17(29)7-13)8-14(9-19(22)39-2)24-15(27)4-5-21(32-24)40-3/h4-9,12H,10-11H2,1-3H3. The summed E-state index contributed by atoms with van der Waals surface area (Å²) >= 11 is 6.41. The second-order valence-corrected chi connectivity index (χ2v) is 9.13. The molecule has 0 bridgehead atoms. The van der Waals surface area contributed by atoms with E-state index < -0.39 is 35.2 Å². The second-order valence-electron chi connectivity index (χ2n) is 8.72. The largest absolute Gasteiger partial charge is 0.496 e. The molecule has 0 saturated heterocycles. The molecule has 0 spiro atoms. The van der Waals surface area contributed by atoms with Gasteiger partial charge in [-0.2, -0.15) is 5.10 Å².